The van der Waals surface area contributed by atoms with Gasteiger partial charge in [0.25, 0.3) is 0 Å². The van der Waals surface area contributed by atoms with E-state index in [-0.39, 0.29) is 0 Å². The topological polar surface area (TPSA) is 50.7 Å². The molecule has 2 heterocycles. The average Bonchev–Trinajstić information content (AvgIpc) is 2.84. The third kappa shape index (κ3) is 3.41. The number of nitrogens with zero attached hydrogens (tertiary/aromatic N) is 3. The quantitative estimate of drug-likeness (QED) is 0.843. The summed E-state index contributed by atoms with van der Waals surface area (Å²) in [5.74, 6) is 1.75. The van der Waals surface area contributed by atoms with Gasteiger partial charge in [0.2, 0.25) is 0 Å². The van der Waals surface area contributed by atoms with Gasteiger partial charge < -0.3 is 5.32 Å². The van der Waals surface area contributed by atoms with E-state index in [1.54, 1.807) is 11.8 Å². The Morgan fingerprint density at radius 3 is 3.06 bits per heavy atom. The minimum Gasteiger partial charge on any atom is -0.388 e. The monoisotopic (exact) mass is 266 g/mol. The average molecular weight is 266 g/mol. The summed E-state index contributed by atoms with van der Waals surface area (Å²) < 4.78 is 5.27. The molecule has 2 aromatic heterocycles. The fraction of sp³-hybridized carbons (Fsp3) is 0.364. The summed E-state index contributed by atoms with van der Waals surface area (Å²) in [6.45, 7) is 2.06. The highest BCUT2D eigenvalue weighted by molar-refractivity contribution is 8.00. The molecule has 0 aliphatic rings. The van der Waals surface area contributed by atoms with Crippen LogP contribution in [0.4, 0.5) is 5.69 Å². The van der Waals surface area contributed by atoms with Crippen LogP contribution in [0.2, 0.25) is 0 Å². The van der Waals surface area contributed by atoms with Crippen molar-refractivity contribution in [1.29, 1.82) is 0 Å². The van der Waals surface area contributed by atoms with Gasteiger partial charge in [-0.05, 0) is 23.7 Å². The number of aromatic nitrogens is 3. The maximum absolute atomic E-state index is 4.41. The first-order chi connectivity index (χ1) is 8.31. The highest BCUT2D eigenvalue weighted by Gasteiger charge is 2.04. The number of hydrogen-bond donors (Lipinski definition) is 1. The predicted molar refractivity (Wildman–Crippen MR) is 72.6 cm³/mol. The SMILES string of the molecule is CCc1nsc(SCc2cc(NC)ccn2)n1. The molecule has 0 fully saturated rings. The van der Waals surface area contributed by atoms with Crippen LogP contribution in [0.25, 0.3) is 0 Å². The molecule has 1 N–H and O–H groups in total. The zero-order valence-electron chi connectivity index (χ0n) is 9.80. The van der Waals surface area contributed by atoms with Gasteiger partial charge in [-0.3, -0.25) is 4.98 Å². The molecule has 17 heavy (non-hydrogen) atoms. The lowest BCUT2D eigenvalue weighted by molar-refractivity contribution is 0.971. The molecule has 0 amide bonds. The van der Waals surface area contributed by atoms with Crippen LogP contribution in [0.3, 0.4) is 0 Å². The Hall–Kier alpha value is -1.14. The first-order valence-electron chi connectivity index (χ1n) is 5.40. The molecule has 0 saturated heterocycles. The number of rotatable bonds is 5. The van der Waals surface area contributed by atoms with Crippen molar-refractivity contribution in [2.24, 2.45) is 0 Å². The summed E-state index contributed by atoms with van der Waals surface area (Å²) in [6, 6.07) is 4.00. The molecule has 90 valence electrons. The summed E-state index contributed by atoms with van der Waals surface area (Å²) >= 11 is 3.15. The second kappa shape index (κ2) is 5.97. The van der Waals surface area contributed by atoms with E-state index in [0.717, 1.165) is 33.7 Å². The first-order valence-corrected chi connectivity index (χ1v) is 7.15. The molecule has 0 aliphatic heterocycles. The van der Waals surface area contributed by atoms with Gasteiger partial charge in [0.05, 0.1) is 5.69 Å². The van der Waals surface area contributed by atoms with Crippen LogP contribution in [0.15, 0.2) is 22.7 Å². The molecule has 0 atom stereocenters. The van der Waals surface area contributed by atoms with Crippen molar-refractivity contribution in [2.75, 3.05) is 12.4 Å². The van der Waals surface area contributed by atoms with E-state index in [4.69, 9.17) is 0 Å². The molecule has 0 radical (unpaired) electrons. The van der Waals surface area contributed by atoms with Crippen molar-refractivity contribution < 1.29 is 0 Å². The van der Waals surface area contributed by atoms with E-state index >= 15 is 0 Å². The number of aryl methyl sites for hydroxylation is 1. The molecule has 4 nitrogen and oxygen atoms in total. The van der Waals surface area contributed by atoms with Crippen LogP contribution in [-0.4, -0.2) is 21.4 Å². The van der Waals surface area contributed by atoms with Crippen molar-refractivity contribution in [3.05, 3.63) is 29.8 Å². The Balaban J connectivity index is 1.96. The van der Waals surface area contributed by atoms with Gasteiger partial charge in [-0.25, -0.2) is 4.98 Å². The minimum atomic E-state index is 0.827. The molecule has 2 rings (SSSR count). The van der Waals surface area contributed by atoms with Crippen LogP contribution in [0.1, 0.15) is 18.4 Å². The molecule has 0 aliphatic carbocycles. The van der Waals surface area contributed by atoms with Crippen LogP contribution >= 0.6 is 23.3 Å². The van der Waals surface area contributed by atoms with Crippen LogP contribution in [0, 0.1) is 0 Å². The smallest absolute Gasteiger partial charge is 0.170 e. The molecule has 0 bridgehead atoms. The Kier molecular flexibility index (Phi) is 4.33. The van der Waals surface area contributed by atoms with Gasteiger partial charge in [0, 0.05) is 31.1 Å². The molecule has 0 aromatic carbocycles. The minimum absolute atomic E-state index is 0.827. The maximum Gasteiger partial charge on any atom is 0.170 e. The maximum atomic E-state index is 4.41. The second-order valence-corrected chi connectivity index (χ2v) is 5.38. The molecular formula is C11H14N4S2. The van der Waals surface area contributed by atoms with Gasteiger partial charge in [0.1, 0.15) is 5.82 Å². The van der Waals surface area contributed by atoms with Crippen LogP contribution < -0.4 is 5.32 Å². The summed E-state index contributed by atoms with van der Waals surface area (Å²) in [7, 11) is 1.91. The lowest BCUT2D eigenvalue weighted by atomic mass is 10.3. The number of anilines is 1. The van der Waals surface area contributed by atoms with Gasteiger partial charge in [0.15, 0.2) is 4.34 Å². The van der Waals surface area contributed by atoms with Gasteiger partial charge in [-0.1, -0.05) is 18.7 Å². The van der Waals surface area contributed by atoms with E-state index in [1.165, 1.54) is 11.5 Å². The second-order valence-electron chi connectivity index (χ2n) is 3.40. The normalized spacial score (nSPS) is 10.5. The summed E-state index contributed by atoms with van der Waals surface area (Å²) in [4.78, 5) is 8.74. The van der Waals surface area contributed by atoms with Crippen molar-refractivity contribution in [2.45, 2.75) is 23.4 Å². The fourth-order valence-corrected chi connectivity index (χ4v) is 2.89. The van der Waals surface area contributed by atoms with E-state index < -0.39 is 0 Å². The van der Waals surface area contributed by atoms with Crippen molar-refractivity contribution in [3.8, 4) is 0 Å². The van der Waals surface area contributed by atoms with E-state index in [1.807, 2.05) is 19.3 Å². The summed E-state index contributed by atoms with van der Waals surface area (Å²) in [6.07, 6.45) is 2.71. The van der Waals surface area contributed by atoms with Crippen molar-refractivity contribution in [3.63, 3.8) is 0 Å². The summed E-state index contributed by atoms with van der Waals surface area (Å²) in [5, 5.41) is 3.10. The zero-order valence-corrected chi connectivity index (χ0v) is 11.4. The number of nitrogens with one attached hydrogen (secondary N) is 1. The Labute approximate surface area is 109 Å². The van der Waals surface area contributed by atoms with Gasteiger partial charge in [-0.2, -0.15) is 4.37 Å². The number of pyridine rings is 1. The highest BCUT2D eigenvalue weighted by atomic mass is 32.2. The van der Waals surface area contributed by atoms with Crippen LogP contribution in [-0.2, 0) is 12.2 Å². The molecule has 0 spiro atoms. The fourth-order valence-electron chi connectivity index (χ4n) is 1.29. The predicted octanol–water partition coefficient (Wildman–Crippen LogP) is 2.83. The zero-order chi connectivity index (χ0) is 12.1. The standard InChI is InChI=1S/C11H14N4S2/c1-3-10-14-11(17-15-10)16-7-9-6-8(12-2)4-5-13-9/h4-6H,3,7H2,1-2H3,(H,12,13). The Morgan fingerprint density at radius 2 is 2.35 bits per heavy atom. The van der Waals surface area contributed by atoms with Crippen molar-refractivity contribution in [1.82, 2.24) is 14.3 Å². The Bertz CT molecular complexity index is 484. The van der Waals surface area contributed by atoms with Crippen LogP contribution in [0.5, 0.6) is 0 Å². The highest BCUT2D eigenvalue weighted by Crippen LogP contribution is 2.24. The van der Waals surface area contributed by atoms with E-state index in [0.29, 0.717) is 0 Å². The lowest BCUT2D eigenvalue weighted by Crippen LogP contribution is -1.92. The van der Waals surface area contributed by atoms with Gasteiger partial charge >= 0.3 is 0 Å². The molecule has 6 heteroatoms. The number of hydrogen-bond acceptors (Lipinski definition) is 6. The number of thioether (sulfide) groups is 1. The molecule has 2 aromatic rings. The first kappa shape index (κ1) is 12.3. The van der Waals surface area contributed by atoms with E-state index in [2.05, 4.69) is 32.6 Å². The molecule has 0 unspecified atom stereocenters. The lowest BCUT2D eigenvalue weighted by Gasteiger charge is -2.02. The van der Waals surface area contributed by atoms with Gasteiger partial charge in [-0.15, -0.1) is 0 Å². The largest absolute Gasteiger partial charge is 0.388 e. The summed E-state index contributed by atoms with van der Waals surface area (Å²) in [5.41, 5.74) is 2.14. The third-order valence-electron chi connectivity index (χ3n) is 2.21. The van der Waals surface area contributed by atoms with E-state index in [9.17, 15) is 0 Å². The molecule has 0 saturated carbocycles. The Morgan fingerprint density at radius 1 is 1.47 bits per heavy atom. The molecular weight excluding hydrogens is 252 g/mol. The van der Waals surface area contributed by atoms with Crippen molar-refractivity contribution >= 4 is 29.0 Å². The third-order valence-corrected chi connectivity index (χ3v) is 4.12.